The molecule has 1 aliphatic heterocycles. The van der Waals surface area contributed by atoms with Crippen LogP contribution in [-0.2, 0) is 26.2 Å². The SMILES string of the molecule is O=CC1NC(C=O)C(Cc2ccc(NC(=O)C3(c4ccccc4)CC3)cc2)S1. The predicted molar refractivity (Wildman–Crippen MR) is 110 cm³/mol. The fraction of sp³-hybridized carbons (Fsp3) is 0.318. The van der Waals surface area contributed by atoms with E-state index < -0.39 is 5.41 Å². The van der Waals surface area contributed by atoms with Crippen LogP contribution in [0.3, 0.4) is 0 Å². The lowest BCUT2D eigenvalue weighted by atomic mass is 9.95. The molecule has 0 bridgehead atoms. The van der Waals surface area contributed by atoms with Crippen LogP contribution in [-0.4, -0.2) is 35.1 Å². The van der Waals surface area contributed by atoms with Crippen LogP contribution in [0.25, 0.3) is 0 Å². The van der Waals surface area contributed by atoms with Crippen molar-refractivity contribution >= 4 is 35.9 Å². The largest absolute Gasteiger partial charge is 0.325 e. The number of thioether (sulfide) groups is 1. The zero-order valence-corrected chi connectivity index (χ0v) is 16.2. The molecule has 28 heavy (non-hydrogen) atoms. The molecule has 2 fully saturated rings. The third-order valence-corrected chi connectivity index (χ3v) is 6.86. The summed E-state index contributed by atoms with van der Waals surface area (Å²) in [6.07, 6.45) is 4.14. The topological polar surface area (TPSA) is 75.3 Å². The third-order valence-electron chi connectivity index (χ3n) is 5.51. The van der Waals surface area contributed by atoms with Crippen molar-refractivity contribution in [3.63, 3.8) is 0 Å². The minimum atomic E-state index is -0.396. The van der Waals surface area contributed by atoms with Gasteiger partial charge < -0.3 is 14.9 Å². The van der Waals surface area contributed by atoms with Gasteiger partial charge in [0.05, 0.1) is 11.5 Å². The maximum atomic E-state index is 12.8. The number of nitrogens with one attached hydrogen (secondary N) is 2. The van der Waals surface area contributed by atoms with E-state index in [2.05, 4.69) is 10.6 Å². The quantitative estimate of drug-likeness (QED) is 0.707. The lowest BCUT2D eigenvalue weighted by Crippen LogP contribution is -2.35. The van der Waals surface area contributed by atoms with E-state index in [1.807, 2.05) is 54.6 Å². The molecule has 5 nitrogen and oxygen atoms in total. The van der Waals surface area contributed by atoms with Gasteiger partial charge in [-0.2, -0.15) is 0 Å². The molecule has 2 N–H and O–H groups in total. The number of hydrogen-bond acceptors (Lipinski definition) is 5. The standard InChI is InChI=1S/C22H22N2O3S/c25-13-18-19(28-20(14-26)24-18)12-15-6-8-17(9-7-15)23-21(27)22(10-11-22)16-4-2-1-3-5-16/h1-9,13-14,18-20,24H,10-12H2,(H,23,27). The third kappa shape index (κ3) is 3.75. The maximum Gasteiger partial charge on any atom is 0.235 e. The van der Waals surface area contributed by atoms with Crippen LogP contribution in [0.1, 0.15) is 24.0 Å². The Labute approximate surface area is 168 Å². The second-order valence-corrected chi connectivity index (χ2v) is 8.75. The smallest absolute Gasteiger partial charge is 0.235 e. The van der Waals surface area contributed by atoms with Crippen molar-refractivity contribution in [1.29, 1.82) is 0 Å². The second-order valence-electron chi connectivity index (χ2n) is 7.36. The molecule has 0 spiro atoms. The Morgan fingerprint density at radius 3 is 2.39 bits per heavy atom. The van der Waals surface area contributed by atoms with Crippen molar-refractivity contribution in [3.05, 3.63) is 65.7 Å². The highest BCUT2D eigenvalue weighted by Crippen LogP contribution is 2.48. The van der Waals surface area contributed by atoms with Crippen LogP contribution in [0.4, 0.5) is 5.69 Å². The number of rotatable bonds is 7. The van der Waals surface area contributed by atoms with Crippen molar-refractivity contribution in [2.45, 2.75) is 41.3 Å². The summed E-state index contributed by atoms with van der Waals surface area (Å²) < 4.78 is 0. The van der Waals surface area contributed by atoms with E-state index in [-0.39, 0.29) is 22.6 Å². The van der Waals surface area contributed by atoms with Gasteiger partial charge in [0, 0.05) is 10.9 Å². The number of carbonyl (C=O) groups excluding carboxylic acids is 3. The monoisotopic (exact) mass is 394 g/mol. The minimum Gasteiger partial charge on any atom is -0.325 e. The highest BCUT2D eigenvalue weighted by atomic mass is 32.2. The number of anilines is 1. The van der Waals surface area contributed by atoms with Crippen LogP contribution in [0, 0.1) is 0 Å². The summed E-state index contributed by atoms with van der Waals surface area (Å²) in [6, 6.07) is 17.3. The molecule has 0 radical (unpaired) electrons. The molecule has 1 saturated carbocycles. The van der Waals surface area contributed by atoms with Crippen molar-refractivity contribution in [3.8, 4) is 0 Å². The normalized spacial score (nSPS) is 25.1. The van der Waals surface area contributed by atoms with Crippen LogP contribution < -0.4 is 10.6 Å². The van der Waals surface area contributed by atoms with Gasteiger partial charge in [-0.25, -0.2) is 0 Å². The molecule has 1 aliphatic carbocycles. The second kappa shape index (κ2) is 7.89. The van der Waals surface area contributed by atoms with E-state index in [9.17, 15) is 14.4 Å². The van der Waals surface area contributed by atoms with Gasteiger partial charge in [-0.05, 0) is 42.5 Å². The first-order chi connectivity index (χ1) is 13.6. The first kappa shape index (κ1) is 18.9. The van der Waals surface area contributed by atoms with Crippen molar-refractivity contribution < 1.29 is 14.4 Å². The number of aldehydes is 2. The van der Waals surface area contributed by atoms with E-state index in [1.165, 1.54) is 11.8 Å². The summed E-state index contributed by atoms with van der Waals surface area (Å²) in [4.78, 5) is 35.0. The molecule has 3 unspecified atom stereocenters. The van der Waals surface area contributed by atoms with E-state index in [0.29, 0.717) is 6.42 Å². The number of amides is 1. The van der Waals surface area contributed by atoms with Crippen molar-refractivity contribution in [2.75, 3.05) is 5.32 Å². The van der Waals surface area contributed by atoms with Crippen LogP contribution in [0.15, 0.2) is 54.6 Å². The minimum absolute atomic E-state index is 0.0287. The number of benzene rings is 2. The zero-order chi connectivity index (χ0) is 19.6. The average Bonchev–Trinajstić information content (AvgIpc) is 3.46. The Balaban J connectivity index is 1.39. The first-order valence-corrected chi connectivity index (χ1v) is 10.4. The zero-order valence-electron chi connectivity index (χ0n) is 15.3. The van der Waals surface area contributed by atoms with Crippen LogP contribution in [0.5, 0.6) is 0 Å². The van der Waals surface area contributed by atoms with E-state index in [1.54, 1.807) is 0 Å². The molecule has 3 atom stereocenters. The number of hydrogen-bond donors (Lipinski definition) is 2. The molecule has 1 amide bonds. The summed E-state index contributed by atoms with van der Waals surface area (Å²) in [5.41, 5.74) is 2.51. The predicted octanol–water partition coefficient (Wildman–Crippen LogP) is 2.70. The molecule has 1 heterocycles. The molecular weight excluding hydrogens is 372 g/mol. The molecular formula is C22H22N2O3S. The molecule has 2 aliphatic rings. The molecule has 0 aromatic heterocycles. The highest BCUT2D eigenvalue weighted by molar-refractivity contribution is 8.01. The lowest BCUT2D eigenvalue weighted by molar-refractivity contribution is -0.118. The molecule has 4 rings (SSSR count). The van der Waals surface area contributed by atoms with Gasteiger partial charge in [0.25, 0.3) is 0 Å². The Morgan fingerprint density at radius 2 is 1.79 bits per heavy atom. The molecule has 2 aromatic rings. The van der Waals surface area contributed by atoms with Crippen molar-refractivity contribution in [1.82, 2.24) is 5.32 Å². The molecule has 1 saturated heterocycles. The van der Waals surface area contributed by atoms with Gasteiger partial charge in [-0.3, -0.25) is 10.1 Å². The Hall–Kier alpha value is -2.44. The van der Waals surface area contributed by atoms with Gasteiger partial charge in [0.1, 0.15) is 17.9 Å². The summed E-state index contributed by atoms with van der Waals surface area (Å²) in [7, 11) is 0. The fourth-order valence-electron chi connectivity index (χ4n) is 3.72. The lowest BCUT2D eigenvalue weighted by Gasteiger charge is -2.16. The first-order valence-electron chi connectivity index (χ1n) is 9.43. The van der Waals surface area contributed by atoms with Crippen LogP contribution in [0.2, 0.25) is 0 Å². The highest BCUT2D eigenvalue weighted by Gasteiger charge is 2.51. The van der Waals surface area contributed by atoms with E-state index in [4.69, 9.17) is 0 Å². The van der Waals surface area contributed by atoms with Gasteiger partial charge >= 0.3 is 0 Å². The molecule has 6 heteroatoms. The average molecular weight is 394 g/mol. The number of carbonyl (C=O) groups is 3. The maximum absolute atomic E-state index is 12.8. The summed E-state index contributed by atoms with van der Waals surface area (Å²) in [5, 5.41) is 5.75. The van der Waals surface area contributed by atoms with Crippen LogP contribution >= 0.6 is 11.8 Å². The van der Waals surface area contributed by atoms with Gasteiger partial charge in [0.15, 0.2) is 0 Å². The van der Waals surface area contributed by atoms with Gasteiger partial charge in [-0.15, -0.1) is 11.8 Å². The Kier molecular flexibility index (Phi) is 5.33. The fourth-order valence-corrected chi connectivity index (χ4v) is 5.00. The summed E-state index contributed by atoms with van der Waals surface area (Å²) in [5.74, 6) is 0.0387. The Bertz CT molecular complexity index is 865. The Morgan fingerprint density at radius 1 is 1.07 bits per heavy atom. The van der Waals surface area contributed by atoms with E-state index in [0.717, 1.165) is 42.2 Å². The van der Waals surface area contributed by atoms with Gasteiger partial charge in [0.2, 0.25) is 5.91 Å². The molecule has 144 valence electrons. The molecule has 2 aromatic carbocycles. The summed E-state index contributed by atoms with van der Waals surface area (Å²) in [6.45, 7) is 0. The van der Waals surface area contributed by atoms with Crippen molar-refractivity contribution in [2.24, 2.45) is 0 Å². The van der Waals surface area contributed by atoms with E-state index >= 15 is 0 Å². The summed E-state index contributed by atoms with van der Waals surface area (Å²) >= 11 is 1.48. The van der Waals surface area contributed by atoms with Gasteiger partial charge in [-0.1, -0.05) is 42.5 Å².